The number of Topliss-reactive ketones (excluding diaryl/α,β-unsaturated/α-hetero) is 2. The number of nitriles is 2. The summed E-state index contributed by atoms with van der Waals surface area (Å²) in [7, 11) is 0. The minimum Gasteiger partial charge on any atom is -0.460 e. The van der Waals surface area contributed by atoms with E-state index in [1.54, 1.807) is 79.7 Å². The molecule has 0 aliphatic heterocycles. The third-order valence-corrected chi connectivity index (χ3v) is 13.4. The average Bonchev–Trinajstić information content (AvgIpc) is 3.70. The van der Waals surface area contributed by atoms with Gasteiger partial charge in [0, 0.05) is 12.0 Å². The monoisotopic (exact) mass is 922 g/mol. The number of allylic oxidation sites excluding steroid dienone is 4. The summed E-state index contributed by atoms with van der Waals surface area (Å²) in [5.74, 6) is 3.80. The predicted octanol–water partition coefficient (Wildman–Crippen LogP) is 15.3. The van der Waals surface area contributed by atoms with Crippen molar-refractivity contribution in [2.24, 2.45) is 0 Å². The molecule has 2 aliphatic rings. The number of ketones is 2. The summed E-state index contributed by atoms with van der Waals surface area (Å²) in [6.45, 7) is 3.07. The van der Waals surface area contributed by atoms with Crippen LogP contribution in [0.5, 0.6) is 40.2 Å². The van der Waals surface area contributed by atoms with E-state index >= 15 is 0 Å². The maximum atomic E-state index is 11.8. The van der Waals surface area contributed by atoms with Crippen molar-refractivity contribution in [2.45, 2.75) is 32.1 Å². The molecular formula is C63H42N2O6. The molecule has 0 amide bonds. The summed E-state index contributed by atoms with van der Waals surface area (Å²) < 4.78 is 25.1. The van der Waals surface area contributed by atoms with Crippen molar-refractivity contribution in [3.05, 3.63) is 244 Å². The van der Waals surface area contributed by atoms with Crippen LogP contribution in [0, 0.1) is 22.7 Å². The molecule has 0 radical (unpaired) electrons. The van der Waals surface area contributed by atoms with Crippen molar-refractivity contribution in [3.8, 4) is 63.5 Å². The standard InChI is InChI=1S/C63H42N2O6/c1-39(66)41-19-27-49(28-20-41)68-59-13-7-15-61(55(59)37-64)70-51-31-23-43-33-47(25-17-45(43)35-51)63(57-11-5-3-9-53(57)54-10-4-6-12-58(54)63)48-26-18-46-36-52(32-24-44(46)34-48)71-62-16-8-14-60(56(62)38-65)69-50-29-21-42(22-30-50)40(2)67/h3-21,23-29,31-36H,22,30H2,1-2H3. The molecule has 0 saturated carbocycles. The first-order valence-electron chi connectivity index (χ1n) is 23.3. The molecule has 9 aromatic carbocycles. The molecule has 8 heteroatoms. The summed E-state index contributed by atoms with van der Waals surface area (Å²) in [5, 5.41) is 24.5. The number of hydrogen-bond donors (Lipinski definition) is 0. The third kappa shape index (κ3) is 8.04. The van der Waals surface area contributed by atoms with Crippen LogP contribution in [-0.2, 0) is 10.2 Å². The SMILES string of the molecule is CC(=O)C1=CC=C(Oc2cccc(Oc3ccc4cc(C5(c6ccc7cc(Oc8cccc(Oc9ccc(C(C)=O)cc9)c8C#N)ccc7c6)c6ccccc6-c6ccccc65)ccc4c3)c2C#N)CC1. The van der Waals surface area contributed by atoms with Crippen LogP contribution in [-0.4, -0.2) is 11.6 Å². The highest BCUT2D eigenvalue weighted by molar-refractivity contribution is 5.95. The quantitative estimate of drug-likeness (QED) is 0.111. The lowest BCUT2D eigenvalue weighted by Crippen LogP contribution is -2.28. The van der Waals surface area contributed by atoms with Crippen LogP contribution < -0.4 is 18.9 Å². The lowest BCUT2D eigenvalue weighted by Gasteiger charge is -2.34. The van der Waals surface area contributed by atoms with E-state index in [9.17, 15) is 20.1 Å². The van der Waals surface area contributed by atoms with Gasteiger partial charge in [0.05, 0.1) is 5.41 Å². The summed E-state index contributed by atoms with van der Waals surface area (Å²) in [6.07, 6.45) is 4.72. The third-order valence-electron chi connectivity index (χ3n) is 13.4. The van der Waals surface area contributed by atoms with Crippen LogP contribution in [0.4, 0.5) is 0 Å². The van der Waals surface area contributed by atoms with Gasteiger partial charge in [-0.1, -0.05) is 103 Å². The molecular weight excluding hydrogens is 881 g/mol. The van der Waals surface area contributed by atoms with Gasteiger partial charge in [0.2, 0.25) is 0 Å². The molecule has 0 aromatic heterocycles. The molecule has 340 valence electrons. The Bertz CT molecular complexity index is 3770. The van der Waals surface area contributed by atoms with Gasteiger partial charge in [-0.15, -0.1) is 0 Å². The van der Waals surface area contributed by atoms with Crippen LogP contribution in [0.3, 0.4) is 0 Å². The predicted molar refractivity (Wildman–Crippen MR) is 274 cm³/mol. The Morgan fingerprint density at radius 3 is 1.37 bits per heavy atom. The van der Waals surface area contributed by atoms with Crippen molar-refractivity contribution < 1.29 is 28.5 Å². The molecule has 9 aromatic rings. The molecule has 0 saturated heterocycles. The van der Waals surface area contributed by atoms with Crippen LogP contribution >= 0.6 is 0 Å². The zero-order valence-corrected chi connectivity index (χ0v) is 38.7. The van der Waals surface area contributed by atoms with E-state index in [1.807, 2.05) is 24.3 Å². The van der Waals surface area contributed by atoms with E-state index < -0.39 is 5.41 Å². The Labute approximate surface area is 410 Å². The Morgan fingerprint density at radius 2 is 0.901 bits per heavy atom. The highest BCUT2D eigenvalue weighted by Crippen LogP contribution is 2.56. The first-order chi connectivity index (χ1) is 34.7. The number of ether oxygens (including phenoxy) is 4. The topological polar surface area (TPSA) is 119 Å². The van der Waals surface area contributed by atoms with Crippen molar-refractivity contribution >= 4 is 33.1 Å². The Hall–Kier alpha value is -9.50. The number of fused-ring (bicyclic) bond motifs is 5. The van der Waals surface area contributed by atoms with Gasteiger partial charge < -0.3 is 18.9 Å². The highest BCUT2D eigenvalue weighted by Gasteiger charge is 2.46. The minimum absolute atomic E-state index is 0.0414. The molecule has 0 bridgehead atoms. The molecule has 0 N–H and O–H groups in total. The fourth-order valence-corrected chi connectivity index (χ4v) is 9.92. The van der Waals surface area contributed by atoms with Gasteiger partial charge in [0.15, 0.2) is 11.6 Å². The summed E-state index contributed by atoms with van der Waals surface area (Å²) >= 11 is 0. The van der Waals surface area contributed by atoms with E-state index in [1.165, 1.54) is 29.2 Å². The van der Waals surface area contributed by atoms with E-state index in [0.29, 0.717) is 64.4 Å². The van der Waals surface area contributed by atoms with E-state index in [-0.39, 0.29) is 22.7 Å². The van der Waals surface area contributed by atoms with Gasteiger partial charge in [-0.2, -0.15) is 10.5 Å². The maximum absolute atomic E-state index is 11.8. The second kappa shape index (κ2) is 18.2. The van der Waals surface area contributed by atoms with Crippen LogP contribution in [0.15, 0.2) is 205 Å². The number of nitrogens with zero attached hydrogens (tertiary/aromatic N) is 2. The average molecular weight is 923 g/mol. The Kier molecular flexibility index (Phi) is 11.3. The molecule has 71 heavy (non-hydrogen) atoms. The Balaban J connectivity index is 0.924. The molecule has 11 rings (SSSR count). The second-order valence-corrected chi connectivity index (χ2v) is 17.6. The number of carbonyl (C=O) groups is 2. The lowest BCUT2D eigenvalue weighted by atomic mass is 9.67. The first-order valence-corrected chi connectivity index (χ1v) is 23.3. The van der Waals surface area contributed by atoms with Gasteiger partial charge in [-0.25, -0.2) is 0 Å². The first kappa shape index (κ1) is 44.0. The number of rotatable bonds is 12. The zero-order valence-electron chi connectivity index (χ0n) is 38.7. The van der Waals surface area contributed by atoms with Crippen LogP contribution in [0.1, 0.15) is 70.4 Å². The summed E-state index contributed by atoms with van der Waals surface area (Å²) in [4.78, 5) is 23.6. The van der Waals surface area contributed by atoms with E-state index in [4.69, 9.17) is 18.9 Å². The smallest absolute Gasteiger partial charge is 0.159 e. The molecule has 0 atom stereocenters. The fourth-order valence-electron chi connectivity index (χ4n) is 9.92. The maximum Gasteiger partial charge on any atom is 0.159 e. The van der Waals surface area contributed by atoms with E-state index in [2.05, 4.69) is 109 Å². The van der Waals surface area contributed by atoms with Crippen molar-refractivity contribution in [2.75, 3.05) is 0 Å². The molecule has 8 nitrogen and oxygen atoms in total. The number of carbonyl (C=O) groups excluding carboxylic acids is 2. The molecule has 0 fully saturated rings. The van der Waals surface area contributed by atoms with E-state index in [0.717, 1.165) is 38.2 Å². The summed E-state index contributed by atoms with van der Waals surface area (Å²) in [6, 6.07) is 64.3. The number of hydrogen-bond acceptors (Lipinski definition) is 8. The van der Waals surface area contributed by atoms with Crippen LogP contribution in [0.2, 0.25) is 0 Å². The van der Waals surface area contributed by atoms with Crippen LogP contribution in [0.25, 0.3) is 32.7 Å². The molecule has 0 heterocycles. The summed E-state index contributed by atoms with van der Waals surface area (Å²) in [5.41, 5.74) is 8.13. The molecule has 0 unspecified atom stereocenters. The number of benzene rings is 9. The fraction of sp³-hybridized carbons (Fsp3) is 0.0794. The second-order valence-electron chi connectivity index (χ2n) is 17.6. The molecule has 0 spiro atoms. The van der Waals surface area contributed by atoms with Gasteiger partial charge in [-0.3, -0.25) is 9.59 Å². The molecule has 2 aliphatic carbocycles. The normalized spacial score (nSPS) is 13.2. The van der Waals surface area contributed by atoms with Gasteiger partial charge in [-0.05, 0) is 172 Å². The van der Waals surface area contributed by atoms with Gasteiger partial charge >= 0.3 is 0 Å². The zero-order chi connectivity index (χ0) is 48.6. The van der Waals surface area contributed by atoms with Gasteiger partial charge in [0.25, 0.3) is 0 Å². The van der Waals surface area contributed by atoms with Crippen molar-refractivity contribution in [3.63, 3.8) is 0 Å². The largest absolute Gasteiger partial charge is 0.460 e. The lowest BCUT2D eigenvalue weighted by molar-refractivity contribution is -0.113. The van der Waals surface area contributed by atoms with Crippen molar-refractivity contribution in [1.82, 2.24) is 0 Å². The Morgan fingerprint density at radius 1 is 0.451 bits per heavy atom. The highest BCUT2D eigenvalue weighted by atomic mass is 16.5. The van der Waals surface area contributed by atoms with Gasteiger partial charge in [0.1, 0.15) is 69.3 Å². The van der Waals surface area contributed by atoms with Crippen molar-refractivity contribution in [1.29, 1.82) is 10.5 Å². The minimum atomic E-state index is -0.673.